The molecule has 0 aliphatic carbocycles. The first-order valence-electron chi connectivity index (χ1n) is 22.2. The monoisotopic (exact) mass is 938 g/mol. The Bertz CT molecular complexity index is 2220. The van der Waals surface area contributed by atoms with Crippen LogP contribution in [0.2, 0.25) is 0 Å². The summed E-state index contributed by atoms with van der Waals surface area (Å²) in [5.74, 6) is -5.25. The van der Waals surface area contributed by atoms with Crippen LogP contribution in [0.5, 0.6) is 0 Å². The SMILES string of the molecule is Cc1ccc(C[C@H](NC(=O)/C=C/c2ccccc2)C(=O)N[C@@H](Cc2ccc(NC(=N)N)cc2)C(=O)N[C@@H](CC(C)C)C(=O)N[C@@H](CCCNC(=N)N)C(=O)N[C@@H](CCCNC(=N)N)C(N)=O)cc1. The summed E-state index contributed by atoms with van der Waals surface area (Å²) in [6, 6.07) is 17.2. The van der Waals surface area contributed by atoms with Crippen LogP contribution in [0, 0.1) is 29.1 Å². The molecule has 6 amide bonds. The molecular formula is C47H67N15O6. The lowest BCUT2D eigenvalue weighted by Gasteiger charge is -2.28. The first kappa shape index (κ1) is 54.4. The zero-order chi connectivity index (χ0) is 50.2. The largest absolute Gasteiger partial charge is 0.370 e. The smallest absolute Gasteiger partial charge is 0.244 e. The number of guanidine groups is 3. The predicted molar refractivity (Wildman–Crippen MR) is 263 cm³/mol. The summed E-state index contributed by atoms with van der Waals surface area (Å²) in [6.45, 7) is 6.01. The van der Waals surface area contributed by atoms with E-state index in [0.717, 1.165) is 16.7 Å². The van der Waals surface area contributed by atoms with Crippen LogP contribution in [0.3, 0.4) is 0 Å². The second-order valence-electron chi connectivity index (χ2n) is 16.7. The molecule has 21 heteroatoms. The number of aryl methyl sites for hydroxylation is 1. The van der Waals surface area contributed by atoms with Crippen molar-refractivity contribution in [1.82, 2.24) is 37.2 Å². The minimum absolute atomic E-state index is 0.0271. The average Bonchev–Trinajstić information content (AvgIpc) is 3.27. The molecule has 5 atom stereocenters. The van der Waals surface area contributed by atoms with Crippen LogP contribution in [0.25, 0.3) is 6.08 Å². The van der Waals surface area contributed by atoms with Gasteiger partial charge in [0, 0.05) is 37.7 Å². The van der Waals surface area contributed by atoms with Gasteiger partial charge < -0.3 is 65.5 Å². The Kier molecular flexibility index (Phi) is 22.5. The number of carbonyl (C=O) groups is 6. The van der Waals surface area contributed by atoms with E-state index in [1.807, 2.05) is 75.4 Å². The Balaban J connectivity index is 1.95. The molecule has 0 bridgehead atoms. The quantitative estimate of drug-likeness (QED) is 0.0212. The zero-order valence-corrected chi connectivity index (χ0v) is 38.7. The van der Waals surface area contributed by atoms with Crippen LogP contribution < -0.4 is 65.5 Å². The first-order chi connectivity index (χ1) is 32.3. The molecule has 68 heavy (non-hydrogen) atoms. The molecule has 0 aromatic heterocycles. The van der Waals surface area contributed by atoms with Crippen LogP contribution in [-0.4, -0.2) is 96.6 Å². The highest BCUT2D eigenvalue weighted by Gasteiger charge is 2.33. The van der Waals surface area contributed by atoms with Crippen molar-refractivity contribution in [1.29, 1.82) is 16.2 Å². The number of hydrogen-bond donors (Lipinski definition) is 15. The van der Waals surface area contributed by atoms with Crippen LogP contribution in [0.15, 0.2) is 84.9 Å². The molecule has 366 valence electrons. The Labute approximate surface area is 396 Å². The molecule has 0 aliphatic heterocycles. The van der Waals surface area contributed by atoms with E-state index >= 15 is 0 Å². The summed E-state index contributed by atoms with van der Waals surface area (Å²) < 4.78 is 0. The van der Waals surface area contributed by atoms with Gasteiger partial charge in [-0.15, -0.1) is 0 Å². The highest BCUT2D eigenvalue weighted by atomic mass is 16.2. The summed E-state index contributed by atoms with van der Waals surface area (Å²) in [6.07, 6.45) is 3.73. The van der Waals surface area contributed by atoms with E-state index < -0.39 is 65.7 Å². The molecule has 0 aliphatic rings. The molecule has 3 aromatic rings. The van der Waals surface area contributed by atoms with Gasteiger partial charge in [-0.1, -0.05) is 86.1 Å². The number of benzene rings is 3. The van der Waals surface area contributed by atoms with Crippen molar-refractivity contribution in [3.8, 4) is 0 Å². The van der Waals surface area contributed by atoms with Gasteiger partial charge in [-0.05, 0) is 79.8 Å². The third kappa shape index (κ3) is 20.9. The van der Waals surface area contributed by atoms with Gasteiger partial charge in [0.2, 0.25) is 35.4 Å². The lowest BCUT2D eigenvalue weighted by atomic mass is 9.99. The molecule has 0 heterocycles. The van der Waals surface area contributed by atoms with Crippen molar-refractivity contribution in [3.63, 3.8) is 0 Å². The standard InChI is InChI=1S/C47H67N15O6/c1-28(2)25-36(42(66)60-35(12-8-24-56-46(51)52)41(65)59-34(40(48)64)11-7-23-55-45(49)50)61-44(68)38(27-32-17-20-33(21-18-32)57-47(53)54)62-43(67)37(26-31-15-13-29(3)14-16-31)58-39(63)22-19-30-9-5-4-6-10-30/h4-6,9-10,13-22,28,34-38H,7-8,11-12,23-27H2,1-3H3,(H2,48,64)(H,58,63)(H,59,65)(H,60,66)(H,61,68)(H,62,67)(H4,49,50,55)(H4,51,52,56)(H4,53,54,57)/b22-19+/t34-,35-,36-,37-,38-/m0/s1. The molecular weight excluding hydrogens is 871 g/mol. The first-order valence-corrected chi connectivity index (χ1v) is 22.2. The van der Waals surface area contributed by atoms with Gasteiger partial charge >= 0.3 is 0 Å². The van der Waals surface area contributed by atoms with Crippen LogP contribution in [-0.2, 0) is 41.6 Å². The van der Waals surface area contributed by atoms with Crippen LogP contribution in [0.4, 0.5) is 5.69 Å². The van der Waals surface area contributed by atoms with Gasteiger partial charge in [0.25, 0.3) is 0 Å². The van der Waals surface area contributed by atoms with Crippen molar-refractivity contribution < 1.29 is 28.8 Å². The number of amides is 6. The van der Waals surface area contributed by atoms with E-state index in [0.29, 0.717) is 17.7 Å². The van der Waals surface area contributed by atoms with Gasteiger partial charge in [0.05, 0.1) is 0 Å². The summed E-state index contributed by atoms with van der Waals surface area (Å²) in [5.41, 5.74) is 25.5. The summed E-state index contributed by atoms with van der Waals surface area (Å²) in [4.78, 5) is 82.6. The Hall–Kier alpha value is -7.97. The number of anilines is 1. The van der Waals surface area contributed by atoms with E-state index in [1.54, 1.807) is 30.3 Å². The van der Waals surface area contributed by atoms with Crippen LogP contribution in [0.1, 0.15) is 68.2 Å². The lowest BCUT2D eigenvalue weighted by Crippen LogP contribution is -2.59. The predicted octanol–water partition coefficient (Wildman–Crippen LogP) is 0.281. The molecule has 19 N–H and O–H groups in total. The summed E-state index contributed by atoms with van der Waals surface area (Å²) >= 11 is 0. The number of hydrogen-bond acceptors (Lipinski definition) is 9. The van der Waals surface area contributed by atoms with Gasteiger partial charge in [-0.3, -0.25) is 45.0 Å². The van der Waals surface area contributed by atoms with Gasteiger partial charge in [0.15, 0.2) is 17.9 Å². The Morgan fingerprint density at radius 2 is 1.01 bits per heavy atom. The topological polar surface area (TPSA) is 374 Å². The van der Waals surface area contributed by atoms with E-state index in [4.69, 9.17) is 39.2 Å². The fraction of sp³-hybridized carbons (Fsp3) is 0.383. The maximum atomic E-state index is 14.5. The second-order valence-corrected chi connectivity index (χ2v) is 16.7. The fourth-order valence-corrected chi connectivity index (χ4v) is 6.85. The zero-order valence-electron chi connectivity index (χ0n) is 38.7. The molecule has 0 saturated carbocycles. The van der Waals surface area contributed by atoms with Crippen LogP contribution >= 0.6 is 0 Å². The van der Waals surface area contributed by atoms with E-state index in [2.05, 4.69) is 42.5 Å². The molecule has 3 aromatic carbocycles. The van der Waals surface area contributed by atoms with Gasteiger partial charge in [-0.25, -0.2) is 0 Å². The number of primary amides is 1. The second kappa shape index (κ2) is 28.2. The fourth-order valence-electron chi connectivity index (χ4n) is 6.85. The van der Waals surface area contributed by atoms with Crippen molar-refractivity contribution in [3.05, 3.63) is 107 Å². The van der Waals surface area contributed by atoms with Crippen molar-refractivity contribution in [2.45, 2.75) is 95.9 Å². The Morgan fingerprint density at radius 1 is 0.559 bits per heavy atom. The molecule has 0 unspecified atom stereocenters. The number of nitrogens with two attached hydrogens (primary N) is 4. The minimum atomic E-state index is -1.31. The number of rotatable bonds is 27. The number of nitrogens with one attached hydrogen (secondary N) is 11. The molecule has 3 rings (SSSR count). The molecule has 0 saturated heterocycles. The highest BCUT2D eigenvalue weighted by molar-refractivity contribution is 5.98. The van der Waals surface area contributed by atoms with Gasteiger partial charge in [0.1, 0.15) is 30.2 Å². The van der Waals surface area contributed by atoms with Crippen molar-refractivity contribution >= 4 is 65.1 Å². The lowest BCUT2D eigenvalue weighted by molar-refractivity contribution is -0.135. The van der Waals surface area contributed by atoms with Crippen molar-refractivity contribution in [2.24, 2.45) is 28.9 Å². The van der Waals surface area contributed by atoms with E-state index in [-0.39, 0.29) is 75.4 Å². The summed E-state index contributed by atoms with van der Waals surface area (Å²) in [5, 5.41) is 44.1. The van der Waals surface area contributed by atoms with E-state index in [1.165, 1.54) is 6.08 Å². The average molecular weight is 938 g/mol. The highest BCUT2D eigenvalue weighted by Crippen LogP contribution is 2.14. The maximum Gasteiger partial charge on any atom is 0.244 e. The maximum absolute atomic E-state index is 14.5. The van der Waals surface area contributed by atoms with E-state index in [9.17, 15) is 28.8 Å². The minimum Gasteiger partial charge on any atom is -0.370 e. The third-order valence-corrected chi connectivity index (χ3v) is 10.3. The van der Waals surface area contributed by atoms with Crippen molar-refractivity contribution in [2.75, 3.05) is 18.4 Å². The Morgan fingerprint density at radius 3 is 1.53 bits per heavy atom. The summed E-state index contributed by atoms with van der Waals surface area (Å²) in [7, 11) is 0. The van der Waals surface area contributed by atoms with Gasteiger partial charge in [-0.2, -0.15) is 0 Å². The molecule has 0 fully saturated rings. The number of carbonyl (C=O) groups excluding carboxylic acids is 6. The third-order valence-electron chi connectivity index (χ3n) is 10.3. The normalized spacial score (nSPS) is 13.1. The molecule has 0 spiro atoms. The molecule has 21 nitrogen and oxygen atoms in total. The molecule has 0 radical (unpaired) electrons.